The molecule has 84 valence electrons. The highest BCUT2D eigenvalue weighted by Crippen LogP contribution is 2.27. The Morgan fingerprint density at radius 1 is 1.19 bits per heavy atom. The van der Waals surface area contributed by atoms with E-state index in [1.165, 1.54) is 11.5 Å². The van der Waals surface area contributed by atoms with Crippen molar-refractivity contribution in [2.75, 3.05) is 29.5 Å². The van der Waals surface area contributed by atoms with Crippen molar-refractivity contribution in [2.45, 2.75) is 0 Å². The van der Waals surface area contributed by atoms with Crippen LogP contribution >= 0.6 is 11.8 Å². The number of anilines is 1. The first-order valence-corrected chi connectivity index (χ1v) is 6.46. The molecule has 16 heavy (non-hydrogen) atoms. The topological polar surface area (TPSA) is 46.8 Å². The van der Waals surface area contributed by atoms with Crippen molar-refractivity contribution in [2.24, 2.45) is 7.05 Å². The summed E-state index contributed by atoms with van der Waals surface area (Å²) < 4.78 is 1.91. The second-order valence-corrected chi connectivity index (χ2v) is 5.05. The second kappa shape index (κ2) is 3.93. The molecule has 0 aliphatic carbocycles. The van der Waals surface area contributed by atoms with E-state index in [-0.39, 0.29) is 0 Å². The number of hydrogen-bond donors (Lipinski definition) is 0. The normalized spacial score (nSPS) is 16.9. The van der Waals surface area contributed by atoms with Gasteiger partial charge in [0, 0.05) is 31.6 Å². The maximum Gasteiger partial charge on any atom is 0.165 e. The molecule has 0 aromatic carbocycles. The average Bonchev–Trinajstić information content (AvgIpc) is 2.81. The lowest BCUT2D eigenvalue weighted by Gasteiger charge is -2.28. The minimum atomic E-state index is 0.906. The Balaban J connectivity index is 2.03. The van der Waals surface area contributed by atoms with Crippen molar-refractivity contribution < 1.29 is 0 Å². The molecule has 0 aromatic rings. The van der Waals surface area contributed by atoms with Gasteiger partial charge in [-0.05, 0) is 0 Å². The Morgan fingerprint density at radius 2 is 2.00 bits per heavy atom. The van der Waals surface area contributed by atoms with Crippen LogP contribution in [0.15, 0.2) is 12.7 Å². The highest BCUT2D eigenvalue weighted by molar-refractivity contribution is 7.99. The summed E-state index contributed by atoms with van der Waals surface area (Å²) in [6, 6.07) is 0. The molecule has 1 saturated heterocycles. The standard InChI is InChI=1S/C10H13N5S/c1-14-7-13-10(8-9(14)12-6-11-8)15-2-4-16-5-3-15/h6-7H,2-5H2,1H3. The highest BCUT2D eigenvalue weighted by Gasteiger charge is 2.21. The molecule has 0 N–H and O–H groups in total. The highest BCUT2D eigenvalue weighted by atomic mass is 32.2. The lowest BCUT2D eigenvalue weighted by atomic mass is 10.3. The Kier molecular flexibility index (Phi) is 2.43. The molecule has 0 radical (unpaired) electrons. The summed E-state index contributed by atoms with van der Waals surface area (Å²) in [4.78, 5) is 15.3. The van der Waals surface area contributed by atoms with Gasteiger partial charge in [-0.15, -0.1) is 0 Å². The van der Waals surface area contributed by atoms with Crippen LogP contribution < -0.4 is 4.90 Å². The van der Waals surface area contributed by atoms with Crippen molar-refractivity contribution in [3.8, 4) is 11.5 Å². The third-order valence-electron chi connectivity index (χ3n) is 2.79. The first kappa shape index (κ1) is 9.89. The Bertz CT molecular complexity index is 462. The zero-order chi connectivity index (χ0) is 11.0. The molecule has 0 unspecified atom stereocenters. The fraction of sp³-hybridized carbons (Fsp3) is 0.500. The van der Waals surface area contributed by atoms with Gasteiger partial charge in [-0.1, -0.05) is 0 Å². The van der Waals surface area contributed by atoms with E-state index >= 15 is 0 Å². The van der Waals surface area contributed by atoms with E-state index < -0.39 is 0 Å². The maximum atomic E-state index is 4.48. The molecular formula is C10H13N5S. The van der Waals surface area contributed by atoms with E-state index in [0.717, 1.165) is 30.4 Å². The minimum absolute atomic E-state index is 0.906. The number of imidazole rings is 1. The predicted molar refractivity (Wildman–Crippen MR) is 65.0 cm³/mol. The van der Waals surface area contributed by atoms with Crippen LogP contribution in [0, 0.1) is 0 Å². The van der Waals surface area contributed by atoms with Gasteiger partial charge in [0.2, 0.25) is 0 Å². The van der Waals surface area contributed by atoms with Crippen molar-refractivity contribution in [1.82, 2.24) is 19.5 Å². The molecule has 3 aliphatic rings. The number of rotatable bonds is 1. The third kappa shape index (κ3) is 1.53. The number of fused-ring (bicyclic) bond motifs is 1. The van der Waals surface area contributed by atoms with Crippen LogP contribution in [-0.2, 0) is 7.05 Å². The largest absolute Gasteiger partial charge is 0.353 e. The zero-order valence-corrected chi connectivity index (χ0v) is 9.94. The van der Waals surface area contributed by atoms with Crippen LogP contribution in [0.5, 0.6) is 0 Å². The molecule has 1 fully saturated rings. The Morgan fingerprint density at radius 3 is 2.81 bits per heavy atom. The van der Waals surface area contributed by atoms with E-state index in [2.05, 4.69) is 19.9 Å². The number of nitrogens with zero attached hydrogens (tertiary/aromatic N) is 5. The monoisotopic (exact) mass is 235 g/mol. The molecule has 3 aliphatic heterocycles. The molecule has 0 spiro atoms. The Hall–Kier alpha value is -1.30. The van der Waals surface area contributed by atoms with Crippen molar-refractivity contribution in [3.63, 3.8) is 0 Å². The Labute approximate surface area is 98.2 Å². The SMILES string of the molecule is Cn1cnc(N2CCSCC2)c2ncnc1-2. The van der Waals surface area contributed by atoms with Crippen LogP contribution in [0.25, 0.3) is 11.5 Å². The molecule has 3 heterocycles. The van der Waals surface area contributed by atoms with Crippen LogP contribution in [0.4, 0.5) is 5.82 Å². The molecule has 6 heteroatoms. The number of aryl methyl sites for hydroxylation is 1. The first-order chi connectivity index (χ1) is 7.86. The number of aromatic nitrogens is 4. The maximum absolute atomic E-state index is 4.48. The van der Waals surface area contributed by atoms with Gasteiger partial charge in [-0.25, -0.2) is 15.0 Å². The summed E-state index contributed by atoms with van der Waals surface area (Å²) >= 11 is 1.99. The van der Waals surface area contributed by atoms with Crippen LogP contribution in [0.2, 0.25) is 0 Å². The predicted octanol–water partition coefficient (Wildman–Crippen LogP) is 0.868. The van der Waals surface area contributed by atoms with E-state index in [1.807, 2.05) is 29.7 Å². The van der Waals surface area contributed by atoms with Gasteiger partial charge in [0.05, 0.1) is 6.33 Å². The molecule has 0 amide bonds. The minimum Gasteiger partial charge on any atom is -0.353 e. The van der Waals surface area contributed by atoms with E-state index in [4.69, 9.17) is 0 Å². The number of thioether (sulfide) groups is 1. The zero-order valence-electron chi connectivity index (χ0n) is 9.13. The third-order valence-corrected chi connectivity index (χ3v) is 3.73. The van der Waals surface area contributed by atoms with Gasteiger partial charge in [0.25, 0.3) is 0 Å². The lowest BCUT2D eigenvalue weighted by molar-refractivity contribution is 0.799. The molecule has 0 saturated carbocycles. The van der Waals surface area contributed by atoms with E-state index in [9.17, 15) is 0 Å². The first-order valence-electron chi connectivity index (χ1n) is 5.31. The van der Waals surface area contributed by atoms with E-state index in [0.29, 0.717) is 0 Å². The average molecular weight is 235 g/mol. The smallest absolute Gasteiger partial charge is 0.165 e. The van der Waals surface area contributed by atoms with Crippen molar-refractivity contribution >= 4 is 17.6 Å². The van der Waals surface area contributed by atoms with Gasteiger partial charge in [-0.2, -0.15) is 11.8 Å². The quantitative estimate of drug-likeness (QED) is 0.734. The fourth-order valence-electron chi connectivity index (χ4n) is 1.94. The van der Waals surface area contributed by atoms with Crippen LogP contribution in [0.1, 0.15) is 0 Å². The summed E-state index contributed by atoms with van der Waals surface area (Å²) in [6.07, 6.45) is 3.42. The molecule has 0 atom stereocenters. The van der Waals surface area contributed by atoms with Crippen LogP contribution in [-0.4, -0.2) is 44.1 Å². The second-order valence-electron chi connectivity index (χ2n) is 3.82. The lowest BCUT2D eigenvalue weighted by Crippen LogP contribution is -2.34. The summed E-state index contributed by atoms with van der Waals surface area (Å²) in [6.45, 7) is 2.10. The summed E-state index contributed by atoms with van der Waals surface area (Å²) in [5, 5.41) is 0. The molecular weight excluding hydrogens is 222 g/mol. The molecule has 3 rings (SSSR count). The van der Waals surface area contributed by atoms with Crippen molar-refractivity contribution in [1.29, 1.82) is 0 Å². The van der Waals surface area contributed by atoms with Crippen molar-refractivity contribution in [3.05, 3.63) is 12.7 Å². The van der Waals surface area contributed by atoms with Gasteiger partial charge in [0.15, 0.2) is 17.3 Å². The van der Waals surface area contributed by atoms with Crippen LogP contribution in [0.3, 0.4) is 0 Å². The molecule has 5 nitrogen and oxygen atoms in total. The molecule has 0 aromatic heterocycles. The molecule has 0 bridgehead atoms. The summed E-state index contributed by atoms with van der Waals surface area (Å²) in [5.74, 6) is 4.21. The fourth-order valence-corrected chi connectivity index (χ4v) is 2.84. The van der Waals surface area contributed by atoms with Gasteiger partial charge < -0.3 is 9.47 Å². The van der Waals surface area contributed by atoms with E-state index in [1.54, 1.807) is 6.33 Å². The summed E-state index contributed by atoms with van der Waals surface area (Å²) in [5.41, 5.74) is 0.914. The van der Waals surface area contributed by atoms with Gasteiger partial charge >= 0.3 is 0 Å². The number of hydrogen-bond acceptors (Lipinski definition) is 5. The summed E-state index contributed by atoms with van der Waals surface area (Å²) in [7, 11) is 1.94. The van der Waals surface area contributed by atoms with Gasteiger partial charge in [-0.3, -0.25) is 0 Å². The van der Waals surface area contributed by atoms with Gasteiger partial charge in [0.1, 0.15) is 6.33 Å².